The van der Waals surface area contributed by atoms with E-state index in [4.69, 9.17) is 28.1 Å². The number of carbonyl (C=O) groups is 4. The van der Waals surface area contributed by atoms with Crippen LogP contribution in [-0.4, -0.2) is 95.0 Å². The molecule has 5 aromatic rings. The number of aromatic amines is 1. The molecule has 0 saturated heterocycles. The van der Waals surface area contributed by atoms with Crippen LogP contribution in [-0.2, 0) is 33.9 Å². The Labute approximate surface area is 371 Å². The highest BCUT2D eigenvalue weighted by atomic mass is 35.5. The van der Waals surface area contributed by atoms with Gasteiger partial charge >= 0.3 is 0 Å². The third kappa shape index (κ3) is 11.6. The number of pyridine rings is 1. The number of aliphatic hydroxyl groups is 1. The molecule has 3 heterocycles. The van der Waals surface area contributed by atoms with Crippen molar-refractivity contribution in [3.8, 4) is 11.1 Å². The lowest BCUT2D eigenvalue weighted by Gasteiger charge is -2.32. The Bertz CT molecular complexity index is 2320. The molecule has 62 heavy (non-hydrogen) atoms. The molecule has 0 radical (unpaired) electrons. The van der Waals surface area contributed by atoms with E-state index in [0.717, 1.165) is 39.6 Å². The van der Waals surface area contributed by atoms with Crippen molar-refractivity contribution in [1.29, 1.82) is 0 Å². The van der Waals surface area contributed by atoms with Crippen molar-refractivity contribution >= 4 is 57.9 Å². The monoisotopic (exact) mass is 881 g/mol. The Hall–Kier alpha value is -5.29. The van der Waals surface area contributed by atoms with Crippen LogP contribution >= 0.6 is 23.4 Å². The number of aliphatic hydroxyl groups excluding tert-OH is 1. The molecular weight excluding hydrogens is 826 g/mol. The Balaban J connectivity index is 1.46. The van der Waals surface area contributed by atoms with Crippen molar-refractivity contribution in [3.05, 3.63) is 112 Å². The third-order valence-electron chi connectivity index (χ3n) is 11.1. The number of hydrogen-bond acceptors (Lipinski definition) is 10. The molecule has 3 aromatic carbocycles. The van der Waals surface area contributed by atoms with Crippen LogP contribution in [0.4, 0.5) is 0 Å². The smallest absolute Gasteiger partial charge is 0.251 e. The van der Waals surface area contributed by atoms with Crippen molar-refractivity contribution in [2.24, 2.45) is 11.5 Å². The fourth-order valence-electron chi connectivity index (χ4n) is 7.66. The fraction of sp³-hybridized carbons (Fsp3) is 0.370. The summed E-state index contributed by atoms with van der Waals surface area (Å²) in [5, 5.41) is 23.6. The number of carbonyl (C=O) groups excluding carboxylic acids is 4. The van der Waals surface area contributed by atoms with E-state index in [0.29, 0.717) is 77.8 Å². The zero-order valence-electron chi connectivity index (χ0n) is 34.9. The van der Waals surface area contributed by atoms with Gasteiger partial charge in [0.1, 0.15) is 17.1 Å². The first-order valence-electron chi connectivity index (χ1n) is 21.1. The molecule has 1 aliphatic heterocycles. The molecule has 16 heteroatoms. The number of amides is 4. The largest absolute Gasteiger partial charge is 0.395 e. The van der Waals surface area contributed by atoms with Crippen LogP contribution in [0.2, 0.25) is 5.02 Å². The van der Waals surface area contributed by atoms with Gasteiger partial charge in [0.05, 0.1) is 17.7 Å². The second-order valence-corrected chi connectivity index (χ2v) is 16.7. The van der Waals surface area contributed by atoms with Crippen LogP contribution < -0.4 is 32.7 Å². The zero-order chi connectivity index (χ0) is 44.0. The Morgan fingerprint density at radius 1 is 0.919 bits per heavy atom. The second-order valence-electron chi connectivity index (χ2n) is 15.3. The third-order valence-corrected chi connectivity index (χ3v) is 12.8. The number of nitrogens with one attached hydrogen (secondary N) is 5. The summed E-state index contributed by atoms with van der Waals surface area (Å²) in [6.45, 7) is 1.19. The standard InChI is InChI=1S/C46H56ClN9O5S/c1-56-40(25-32-27-52-37-11-3-2-10-34(32)37)44(60)54-28-35-33(29-14-16-30(17-15-29)42(58)50-23-24-57)18-19-36(47)41(35)62-45-31(9-8-22-51-45)26-53-38(12-4-6-20-48)43(59)55-39(46(56)61)13-5-7-21-49/h2-3,8-11,14-19,22,27,38-40,52-53,57H,4-7,12-13,20-21,23-26,28,48-49H2,1H3,(H,50,58)(H,54,60)(H,55,59)/t38-,39-,40-/m0/s1. The van der Waals surface area contributed by atoms with E-state index in [1.54, 1.807) is 31.4 Å². The van der Waals surface area contributed by atoms with E-state index in [9.17, 15) is 24.3 Å². The second kappa shape index (κ2) is 22.7. The van der Waals surface area contributed by atoms with E-state index in [-0.39, 0.29) is 37.9 Å². The van der Waals surface area contributed by atoms with Crippen molar-refractivity contribution in [2.45, 2.75) is 86.1 Å². The number of likely N-dealkylation sites (N-methyl/N-ethyl adjacent to an activating group) is 1. The molecule has 0 unspecified atom stereocenters. The van der Waals surface area contributed by atoms with Crippen molar-refractivity contribution in [1.82, 2.24) is 36.1 Å². The molecule has 0 saturated carbocycles. The first kappa shape index (κ1) is 46.2. The van der Waals surface area contributed by atoms with Crippen LogP contribution in [0.15, 0.2) is 95.1 Å². The van der Waals surface area contributed by atoms with Gasteiger partial charge in [-0.05, 0) is 103 Å². The van der Waals surface area contributed by atoms with E-state index < -0.39 is 29.9 Å². The van der Waals surface area contributed by atoms with Gasteiger partial charge in [-0.25, -0.2) is 4.98 Å². The number of benzene rings is 3. The molecule has 6 rings (SSSR count). The molecule has 0 spiro atoms. The van der Waals surface area contributed by atoms with Gasteiger partial charge in [-0.1, -0.05) is 72.2 Å². The van der Waals surface area contributed by atoms with Gasteiger partial charge in [0.2, 0.25) is 17.7 Å². The number of fused-ring (bicyclic) bond motifs is 3. The Kier molecular flexibility index (Phi) is 16.9. The summed E-state index contributed by atoms with van der Waals surface area (Å²) < 4.78 is 0. The average molecular weight is 883 g/mol. The number of nitrogens with zero attached hydrogens (tertiary/aromatic N) is 2. The highest BCUT2D eigenvalue weighted by Crippen LogP contribution is 2.41. The highest BCUT2D eigenvalue weighted by Gasteiger charge is 2.34. The average Bonchev–Trinajstić information content (AvgIpc) is 3.70. The minimum atomic E-state index is -0.984. The summed E-state index contributed by atoms with van der Waals surface area (Å²) in [7, 11) is 1.61. The minimum Gasteiger partial charge on any atom is -0.395 e. The Morgan fingerprint density at radius 3 is 2.40 bits per heavy atom. The van der Waals surface area contributed by atoms with Gasteiger partial charge in [-0.15, -0.1) is 0 Å². The molecular formula is C46H56ClN9O5S. The summed E-state index contributed by atoms with van der Waals surface area (Å²) >= 11 is 8.42. The number of rotatable bonds is 14. The normalized spacial score (nSPS) is 17.8. The number of aromatic nitrogens is 2. The number of nitrogens with two attached hydrogens (primary N) is 2. The summed E-state index contributed by atoms with van der Waals surface area (Å²) in [6.07, 6.45) is 7.23. The maximum Gasteiger partial charge on any atom is 0.251 e. The number of para-hydroxylation sites is 1. The Morgan fingerprint density at radius 2 is 1.66 bits per heavy atom. The lowest BCUT2D eigenvalue weighted by atomic mass is 9.97. The molecule has 4 amide bonds. The molecule has 1 aliphatic rings. The maximum absolute atomic E-state index is 14.8. The lowest BCUT2D eigenvalue weighted by molar-refractivity contribution is -0.142. The number of unbranched alkanes of at least 4 members (excludes halogenated alkanes) is 2. The van der Waals surface area contributed by atoms with Crippen LogP contribution in [0, 0.1) is 0 Å². The summed E-state index contributed by atoms with van der Waals surface area (Å²) in [4.78, 5) is 66.6. The topological polar surface area (TPSA) is 221 Å². The first-order valence-corrected chi connectivity index (χ1v) is 22.3. The molecule has 328 valence electrons. The molecule has 0 aliphatic carbocycles. The predicted octanol–water partition coefficient (Wildman–Crippen LogP) is 4.66. The molecule has 2 aromatic heterocycles. The minimum absolute atomic E-state index is 0.0303. The SMILES string of the molecule is CN1C(=O)[C@H](CCCCN)NC(=O)[C@H](CCCCN)NCc2cccnc2Sc2c(Cl)ccc(-c3ccc(C(=O)NCCO)cc3)c2CNC(=O)[C@@H]1Cc1c[nH]c2ccccc12. The van der Waals surface area contributed by atoms with E-state index in [1.807, 2.05) is 60.8 Å². The molecule has 10 N–H and O–H groups in total. The van der Waals surface area contributed by atoms with Crippen LogP contribution in [0.3, 0.4) is 0 Å². The maximum atomic E-state index is 14.8. The lowest BCUT2D eigenvalue weighted by Crippen LogP contribution is -2.57. The van der Waals surface area contributed by atoms with Gasteiger partial charge in [-0.3, -0.25) is 19.2 Å². The van der Waals surface area contributed by atoms with Gasteiger partial charge < -0.3 is 47.7 Å². The molecule has 14 nitrogen and oxygen atoms in total. The highest BCUT2D eigenvalue weighted by molar-refractivity contribution is 7.99. The predicted molar refractivity (Wildman–Crippen MR) is 243 cm³/mol. The molecule has 0 bridgehead atoms. The van der Waals surface area contributed by atoms with E-state index in [1.165, 1.54) is 16.7 Å². The van der Waals surface area contributed by atoms with Gasteiger partial charge in [0.25, 0.3) is 5.91 Å². The molecule has 0 fully saturated rings. The summed E-state index contributed by atoms with van der Waals surface area (Å²) in [5.74, 6) is -1.43. The van der Waals surface area contributed by atoms with Crippen LogP contribution in [0.1, 0.15) is 65.6 Å². The van der Waals surface area contributed by atoms with Gasteiger partial charge in [-0.2, -0.15) is 0 Å². The van der Waals surface area contributed by atoms with E-state index in [2.05, 4.69) is 26.3 Å². The number of H-pyrrole nitrogens is 1. The van der Waals surface area contributed by atoms with Gasteiger partial charge in [0, 0.05) is 66.9 Å². The van der Waals surface area contributed by atoms with Crippen molar-refractivity contribution in [2.75, 3.05) is 33.3 Å². The van der Waals surface area contributed by atoms with Crippen molar-refractivity contribution < 1.29 is 24.3 Å². The zero-order valence-corrected chi connectivity index (χ0v) is 36.5. The van der Waals surface area contributed by atoms with E-state index >= 15 is 0 Å². The number of halogens is 1. The summed E-state index contributed by atoms with van der Waals surface area (Å²) in [6, 6.07) is 19.7. The quantitative estimate of drug-likeness (QED) is 0.0722. The van der Waals surface area contributed by atoms with Gasteiger partial charge in [0.15, 0.2) is 0 Å². The van der Waals surface area contributed by atoms with Crippen LogP contribution in [0.5, 0.6) is 0 Å². The summed E-state index contributed by atoms with van der Waals surface area (Å²) in [5.41, 5.74) is 17.0. The molecule has 3 atom stereocenters. The first-order chi connectivity index (χ1) is 30.1. The van der Waals surface area contributed by atoms with Crippen LogP contribution in [0.25, 0.3) is 22.0 Å². The fourth-order valence-corrected chi connectivity index (χ4v) is 9.00. The van der Waals surface area contributed by atoms with Crippen molar-refractivity contribution in [3.63, 3.8) is 0 Å². The number of hydrogen-bond donors (Lipinski definition) is 8.